The van der Waals surface area contributed by atoms with Crippen molar-refractivity contribution >= 4 is 39.5 Å². The van der Waals surface area contributed by atoms with Gasteiger partial charge in [0.15, 0.2) is 0 Å². The number of nitrogens with zero attached hydrogens (tertiary/aromatic N) is 1. The fourth-order valence-electron chi connectivity index (χ4n) is 2.75. The molecule has 2 rings (SSSR count). The number of thioether (sulfide) groups is 1. The summed E-state index contributed by atoms with van der Waals surface area (Å²) in [6.07, 6.45) is 1.24. The first-order valence-electron chi connectivity index (χ1n) is 9.92. The van der Waals surface area contributed by atoms with Crippen LogP contribution in [0.5, 0.6) is 0 Å². The largest absolute Gasteiger partial charge is 0.352 e. The molecule has 0 bridgehead atoms. The van der Waals surface area contributed by atoms with Crippen LogP contribution in [0, 0.1) is 0 Å². The van der Waals surface area contributed by atoms with Gasteiger partial charge in [-0.3, -0.25) is 9.59 Å². The number of hydrogen-bond acceptors (Lipinski definition) is 3. The van der Waals surface area contributed by atoms with Gasteiger partial charge in [-0.25, -0.2) is 0 Å². The molecule has 0 aromatic heterocycles. The van der Waals surface area contributed by atoms with E-state index in [1.807, 2.05) is 68.4 Å². The lowest BCUT2D eigenvalue weighted by Crippen LogP contribution is -2.49. The van der Waals surface area contributed by atoms with Crippen molar-refractivity contribution in [2.24, 2.45) is 0 Å². The molecular weight excluding hydrogens is 448 g/mol. The molecule has 2 aromatic carbocycles. The number of benzene rings is 2. The number of hydrogen-bond donors (Lipinski definition) is 1. The second kappa shape index (κ2) is 12.0. The van der Waals surface area contributed by atoms with Crippen molar-refractivity contribution in [3.05, 3.63) is 64.6 Å². The molecule has 0 radical (unpaired) electrons. The van der Waals surface area contributed by atoms with Crippen LogP contribution in [0.25, 0.3) is 0 Å². The Morgan fingerprint density at radius 2 is 1.72 bits per heavy atom. The summed E-state index contributed by atoms with van der Waals surface area (Å²) >= 11 is 5.09. The third-order valence-corrected chi connectivity index (χ3v) is 6.30. The van der Waals surface area contributed by atoms with Gasteiger partial charge in [-0.05, 0) is 50.1 Å². The standard InChI is InChI=1S/C23H29BrN2O2S/c1-4-17(2)25-23(28)18(3)26(16-19-10-12-20(24)13-11-19)22(27)14-15-29-21-8-6-5-7-9-21/h5-13,17-18H,4,14-16H2,1-3H3,(H,25,28)/t17-,18-/m0/s1. The number of halogens is 1. The zero-order chi connectivity index (χ0) is 21.2. The highest BCUT2D eigenvalue weighted by Gasteiger charge is 2.26. The lowest BCUT2D eigenvalue weighted by molar-refractivity contribution is -0.140. The summed E-state index contributed by atoms with van der Waals surface area (Å²) in [5.41, 5.74) is 1.00. The Hall–Kier alpha value is -1.79. The van der Waals surface area contributed by atoms with Gasteiger partial charge in [0.05, 0.1) is 0 Å². The van der Waals surface area contributed by atoms with E-state index in [4.69, 9.17) is 0 Å². The van der Waals surface area contributed by atoms with Gasteiger partial charge in [-0.1, -0.05) is 53.2 Å². The average Bonchev–Trinajstić information content (AvgIpc) is 2.73. The summed E-state index contributed by atoms with van der Waals surface area (Å²) in [5.74, 6) is 0.558. The van der Waals surface area contributed by atoms with Gasteiger partial charge >= 0.3 is 0 Å². The highest BCUT2D eigenvalue weighted by atomic mass is 79.9. The van der Waals surface area contributed by atoms with Crippen LogP contribution in [0.4, 0.5) is 0 Å². The molecule has 0 fully saturated rings. The van der Waals surface area contributed by atoms with E-state index in [0.717, 1.165) is 21.4 Å². The van der Waals surface area contributed by atoms with E-state index in [2.05, 4.69) is 21.2 Å². The molecule has 2 aromatic rings. The number of carbonyl (C=O) groups excluding carboxylic acids is 2. The molecule has 0 saturated carbocycles. The molecule has 0 saturated heterocycles. The van der Waals surface area contributed by atoms with Crippen molar-refractivity contribution in [3.8, 4) is 0 Å². The number of amides is 2. The summed E-state index contributed by atoms with van der Waals surface area (Å²) in [6.45, 7) is 6.22. The third-order valence-electron chi connectivity index (χ3n) is 4.76. The first-order chi connectivity index (χ1) is 13.9. The molecule has 2 atom stereocenters. The molecule has 2 amide bonds. The molecule has 4 nitrogen and oxygen atoms in total. The maximum Gasteiger partial charge on any atom is 0.242 e. The molecule has 0 aliphatic rings. The third kappa shape index (κ3) is 7.86. The van der Waals surface area contributed by atoms with Crippen molar-refractivity contribution in [1.29, 1.82) is 0 Å². The molecule has 1 N–H and O–H groups in total. The smallest absolute Gasteiger partial charge is 0.242 e. The van der Waals surface area contributed by atoms with Gasteiger partial charge in [-0.15, -0.1) is 11.8 Å². The Morgan fingerprint density at radius 1 is 1.07 bits per heavy atom. The van der Waals surface area contributed by atoms with E-state index in [1.54, 1.807) is 23.6 Å². The molecule has 0 aliphatic carbocycles. The van der Waals surface area contributed by atoms with Crippen LogP contribution in [0.15, 0.2) is 64.0 Å². The molecule has 0 unspecified atom stereocenters. The van der Waals surface area contributed by atoms with Crippen LogP contribution in [0.1, 0.15) is 39.2 Å². The van der Waals surface area contributed by atoms with E-state index in [-0.39, 0.29) is 17.9 Å². The number of carbonyl (C=O) groups is 2. The maximum atomic E-state index is 13.0. The lowest BCUT2D eigenvalue weighted by Gasteiger charge is -2.29. The van der Waals surface area contributed by atoms with Crippen molar-refractivity contribution in [2.45, 2.75) is 57.1 Å². The molecule has 6 heteroatoms. The van der Waals surface area contributed by atoms with E-state index in [1.165, 1.54) is 0 Å². The topological polar surface area (TPSA) is 49.4 Å². The van der Waals surface area contributed by atoms with Crippen molar-refractivity contribution in [2.75, 3.05) is 5.75 Å². The fourth-order valence-corrected chi connectivity index (χ4v) is 3.88. The van der Waals surface area contributed by atoms with E-state index < -0.39 is 6.04 Å². The number of rotatable bonds is 10. The van der Waals surface area contributed by atoms with Crippen molar-refractivity contribution < 1.29 is 9.59 Å². The van der Waals surface area contributed by atoms with Crippen LogP contribution < -0.4 is 5.32 Å². The quantitative estimate of drug-likeness (QED) is 0.475. The van der Waals surface area contributed by atoms with Crippen molar-refractivity contribution in [3.63, 3.8) is 0 Å². The number of nitrogens with one attached hydrogen (secondary N) is 1. The summed E-state index contributed by atoms with van der Waals surface area (Å²) in [7, 11) is 0. The molecule has 0 heterocycles. The fraction of sp³-hybridized carbons (Fsp3) is 0.391. The Kier molecular flexibility index (Phi) is 9.74. The normalized spacial score (nSPS) is 12.8. The summed E-state index contributed by atoms with van der Waals surface area (Å²) < 4.78 is 0.987. The SMILES string of the molecule is CC[C@H](C)NC(=O)[C@H](C)N(Cc1ccc(Br)cc1)C(=O)CCSc1ccccc1. The first-order valence-corrected chi connectivity index (χ1v) is 11.7. The van der Waals surface area contributed by atoms with Crippen LogP contribution in [0.3, 0.4) is 0 Å². The van der Waals surface area contributed by atoms with Gasteiger partial charge in [0.25, 0.3) is 0 Å². The van der Waals surface area contributed by atoms with Crippen molar-refractivity contribution in [1.82, 2.24) is 10.2 Å². The molecular formula is C23H29BrN2O2S. The minimum absolute atomic E-state index is 0.0110. The highest BCUT2D eigenvalue weighted by Crippen LogP contribution is 2.20. The van der Waals surface area contributed by atoms with Gasteiger partial charge in [0.1, 0.15) is 6.04 Å². The minimum atomic E-state index is -0.526. The zero-order valence-electron chi connectivity index (χ0n) is 17.2. The molecule has 0 spiro atoms. The summed E-state index contributed by atoms with van der Waals surface area (Å²) in [4.78, 5) is 28.5. The van der Waals surface area contributed by atoms with Crippen LogP contribution >= 0.6 is 27.7 Å². The Bertz CT molecular complexity index is 783. The monoisotopic (exact) mass is 476 g/mol. The average molecular weight is 477 g/mol. The Morgan fingerprint density at radius 3 is 2.34 bits per heavy atom. The van der Waals surface area contributed by atoms with Gasteiger partial charge in [0, 0.05) is 34.1 Å². The van der Waals surface area contributed by atoms with Gasteiger partial charge in [-0.2, -0.15) is 0 Å². The Labute approximate surface area is 186 Å². The van der Waals surface area contributed by atoms with Gasteiger partial charge < -0.3 is 10.2 Å². The van der Waals surface area contributed by atoms with E-state index >= 15 is 0 Å². The van der Waals surface area contributed by atoms with Crippen LogP contribution in [-0.4, -0.2) is 34.6 Å². The summed E-state index contributed by atoms with van der Waals surface area (Å²) in [6, 6.07) is 17.5. The lowest BCUT2D eigenvalue weighted by atomic mass is 10.1. The van der Waals surface area contributed by atoms with Crippen LogP contribution in [0.2, 0.25) is 0 Å². The molecule has 156 valence electrons. The van der Waals surface area contributed by atoms with E-state index in [0.29, 0.717) is 18.7 Å². The van der Waals surface area contributed by atoms with Gasteiger partial charge in [0.2, 0.25) is 11.8 Å². The van der Waals surface area contributed by atoms with E-state index in [9.17, 15) is 9.59 Å². The summed E-state index contributed by atoms with van der Waals surface area (Å²) in [5, 5.41) is 3.00. The zero-order valence-corrected chi connectivity index (χ0v) is 19.6. The first kappa shape index (κ1) is 23.5. The maximum absolute atomic E-state index is 13.0. The second-order valence-electron chi connectivity index (χ2n) is 7.05. The predicted octanol–water partition coefficient (Wildman–Crippen LogP) is 5.26. The highest BCUT2D eigenvalue weighted by molar-refractivity contribution is 9.10. The second-order valence-corrected chi connectivity index (χ2v) is 9.14. The van der Waals surface area contributed by atoms with Crippen LogP contribution in [-0.2, 0) is 16.1 Å². The predicted molar refractivity (Wildman–Crippen MR) is 124 cm³/mol. The Balaban J connectivity index is 2.06. The minimum Gasteiger partial charge on any atom is -0.352 e. The molecule has 0 aliphatic heterocycles. The molecule has 29 heavy (non-hydrogen) atoms.